The molecule has 62 valence electrons. The largest absolute Gasteiger partial charge is 0.465 e. The molecule has 0 saturated carbocycles. The maximum atomic E-state index is 5.63. The van der Waals surface area contributed by atoms with E-state index in [0.29, 0.717) is 0 Å². The molecule has 1 unspecified atom stereocenters. The van der Waals surface area contributed by atoms with Crippen LogP contribution in [0.1, 0.15) is 6.42 Å². The predicted molar refractivity (Wildman–Crippen MR) is 43.8 cm³/mol. The molecule has 1 aromatic heterocycles. The van der Waals surface area contributed by atoms with Crippen LogP contribution in [0.5, 0.6) is 5.75 Å². The minimum atomic E-state index is 0.184. The number of nitrogens with zero attached hydrogens (tertiary/aromatic N) is 2. The average Bonchev–Trinajstić information content (AvgIpc) is 2.62. The molecule has 0 spiro atoms. The Morgan fingerprint density at radius 1 is 1.67 bits per heavy atom. The summed E-state index contributed by atoms with van der Waals surface area (Å²) in [6.07, 6.45) is 4.76. The van der Waals surface area contributed by atoms with Gasteiger partial charge in [0.1, 0.15) is 5.69 Å². The highest BCUT2D eigenvalue weighted by atomic mass is 16.5. The fourth-order valence-corrected chi connectivity index (χ4v) is 1.70. The predicted octanol–water partition coefficient (Wildman–Crippen LogP) is 0.515. The second-order valence-corrected chi connectivity index (χ2v) is 2.98. The second-order valence-electron chi connectivity index (χ2n) is 2.98. The van der Waals surface area contributed by atoms with Gasteiger partial charge in [-0.25, -0.2) is 5.43 Å². The van der Waals surface area contributed by atoms with Crippen molar-refractivity contribution in [2.45, 2.75) is 12.6 Å². The van der Waals surface area contributed by atoms with Crippen LogP contribution in [-0.2, 0) is 0 Å². The van der Waals surface area contributed by atoms with Gasteiger partial charge >= 0.3 is 0 Å². The average molecular weight is 163 g/mol. The third-order valence-electron chi connectivity index (χ3n) is 2.25. The van der Waals surface area contributed by atoms with E-state index in [2.05, 4.69) is 15.4 Å². The molecular formula is C8H9N3O. The number of hydrogen-bond donors (Lipinski definition) is 1. The maximum absolute atomic E-state index is 5.63. The van der Waals surface area contributed by atoms with Gasteiger partial charge in [0, 0.05) is 19.2 Å². The molecule has 0 radical (unpaired) electrons. The summed E-state index contributed by atoms with van der Waals surface area (Å²) in [5.74, 6) is 0.884. The van der Waals surface area contributed by atoms with E-state index in [1.807, 2.05) is 6.07 Å². The van der Waals surface area contributed by atoms with Crippen molar-refractivity contribution in [3.63, 3.8) is 0 Å². The van der Waals surface area contributed by atoms with E-state index in [-0.39, 0.29) is 6.23 Å². The van der Waals surface area contributed by atoms with Crippen molar-refractivity contribution in [1.82, 2.24) is 10.4 Å². The monoisotopic (exact) mass is 163 g/mol. The highest BCUT2D eigenvalue weighted by Gasteiger charge is 2.34. The Labute approximate surface area is 70.1 Å². The third kappa shape index (κ3) is 0.674. The minimum absolute atomic E-state index is 0.184. The van der Waals surface area contributed by atoms with Crippen molar-refractivity contribution in [3.05, 3.63) is 18.5 Å². The molecule has 2 aliphatic rings. The number of pyridine rings is 1. The van der Waals surface area contributed by atoms with Crippen LogP contribution in [0, 0.1) is 0 Å². The first kappa shape index (κ1) is 6.25. The fraction of sp³-hybridized carbons (Fsp3) is 0.375. The van der Waals surface area contributed by atoms with Gasteiger partial charge in [-0.15, -0.1) is 0 Å². The zero-order chi connectivity index (χ0) is 7.97. The second kappa shape index (κ2) is 2.10. The molecule has 0 amide bonds. The summed E-state index contributed by atoms with van der Waals surface area (Å²) in [5.41, 5.74) is 4.36. The van der Waals surface area contributed by atoms with Crippen LogP contribution in [0.15, 0.2) is 18.5 Å². The van der Waals surface area contributed by atoms with E-state index in [9.17, 15) is 0 Å². The summed E-state index contributed by atoms with van der Waals surface area (Å²) in [6.45, 7) is 0.992. The van der Waals surface area contributed by atoms with E-state index in [0.717, 1.165) is 24.4 Å². The number of fused-ring (bicyclic) bond motifs is 3. The summed E-state index contributed by atoms with van der Waals surface area (Å²) >= 11 is 0. The molecule has 1 N–H and O–H groups in total. The van der Waals surface area contributed by atoms with E-state index in [1.165, 1.54) is 0 Å². The molecule has 1 saturated heterocycles. The zero-order valence-electron chi connectivity index (χ0n) is 6.53. The Kier molecular flexibility index (Phi) is 1.10. The summed E-state index contributed by atoms with van der Waals surface area (Å²) in [5, 5.41) is 2.07. The number of hydrazine groups is 1. The van der Waals surface area contributed by atoms with Crippen LogP contribution in [0.4, 0.5) is 5.69 Å². The number of nitrogens with one attached hydrogen (secondary N) is 1. The summed E-state index contributed by atoms with van der Waals surface area (Å²) in [4.78, 5) is 4.00. The molecule has 1 atom stereocenters. The Balaban J connectivity index is 2.09. The lowest BCUT2D eigenvalue weighted by molar-refractivity contribution is 0.238. The first-order valence-electron chi connectivity index (χ1n) is 4.08. The molecule has 1 aromatic rings. The molecular weight excluding hydrogens is 154 g/mol. The highest BCUT2D eigenvalue weighted by Crippen LogP contribution is 2.37. The number of anilines is 1. The van der Waals surface area contributed by atoms with Gasteiger partial charge in [-0.2, -0.15) is 0 Å². The first-order chi connectivity index (χ1) is 5.95. The zero-order valence-corrected chi connectivity index (χ0v) is 6.53. The number of ether oxygens (including phenoxy) is 1. The normalized spacial score (nSPS) is 25.0. The Morgan fingerprint density at radius 3 is 3.67 bits per heavy atom. The molecule has 0 bridgehead atoms. The summed E-state index contributed by atoms with van der Waals surface area (Å²) in [7, 11) is 0. The number of hydrogen-bond acceptors (Lipinski definition) is 4. The standard InChI is InChI=1S/C8H9N3O/c1-3-9-5-7-6(1)11-8(12-7)2-4-10-11/h1,3,5,8,10H,2,4H2. The number of rotatable bonds is 0. The molecule has 0 aromatic carbocycles. The summed E-state index contributed by atoms with van der Waals surface area (Å²) < 4.78 is 5.63. The Bertz CT molecular complexity index is 315. The van der Waals surface area contributed by atoms with Gasteiger partial charge in [0.15, 0.2) is 12.0 Å². The molecule has 2 aliphatic heterocycles. The van der Waals surface area contributed by atoms with E-state index < -0.39 is 0 Å². The fourth-order valence-electron chi connectivity index (χ4n) is 1.70. The smallest absolute Gasteiger partial charge is 0.187 e. The topological polar surface area (TPSA) is 37.4 Å². The van der Waals surface area contributed by atoms with Crippen LogP contribution < -0.4 is 15.2 Å². The lowest BCUT2D eigenvalue weighted by atomic mass is 10.4. The van der Waals surface area contributed by atoms with Crippen LogP contribution in [0.25, 0.3) is 0 Å². The van der Waals surface area contributed by atoms with Crippen molar-refractivity contribution < 1.29 is 4.74 Å². The molecule has 12 heavy (non-hydrogen) atoms. The van der Waals surface area contributed by atoms with E-state index in [4.69, 9.17) is 4.74 Å². The van der Waals surface area contributed by atoms with Crippen LogP contribution in [0.2, 0.25) is 0 Å². The van der Waals surface area contributed by atoms with Crippen LogP contribution in [-0.4, -0.2) is 17.8 Å². The molecule has 4 heteroatoms. The van der Waals surface area contributed by atoms with Gasteiger partial charge in [-0.05, 0) is 6.07 Å². The lowest BCUT2D eigenvalue weighted by Gasteiger charge is -2.14. The molecule has 3 rings (SSSR count). The van der Waals surface area contributed by atoms with Crippen molar-refractivity contribution in [1.29, 1.82) is 0 Å². The van der Waals surface area contributed by atoms with E-state index >= 15 is 0 Å². The van der Waals surface area contributed by atoms with Gasteiger partial charge < -0.3 is 4.74 Å². The lowest BCUT2D eigenvalue weighted by Crippen LogP contribution is -2.35. The van der Waals surface area contributed by atoms with Gasteiger partial charge in [0.2, 0.25) is 0 Å². The van der Waals surface area contributed by atoms with Gasteiger partial charge in [-0.3, -0.25) is 9.99 Å². The Morgan fingerprint density at radius 2 is 2.67 bits per heavy atom. The SMILES string of the molecule is c1cc2c(cn1)OC1CCNN21. The van der Waals surface area contributed by atoms with Crippen LogP contribution >= 0.6 is 0 Å². The molecule has 4 nitrogen and oxygen atoms in total. The van der Waals surface area contributed by atoms with Crippen molar-refractivity contribution in [3.8, 4) is 5.75 Å². The van der Waals surface area contributed by atoms with Gasteiger partial charge in [0.25, 0.3) is 0 Å². The van der Waals surface area contributed by atoms with E-state index in [1.54, 1.807) is 12.4 Å². The minimum Gasteiger partial charge on any atom is -0.465 e. The first-order valence-corrected chi connectivity index (χ1v) is 4.08. The van der Waals surface area contributed by atoms with Crippen molar-refractivity contribution in [2.24, 2.45) is 0 Å². The van der Waals surface area contributed by atoms with Gasteiger partial charge in [-0.1, -0.05) is 0 Å². The maximum Gasteiger partial charge on any atom is 0.187 e. The molecule has 0 aliphatic carbocycles. The Hall–Kier alpha value is -1.29. The van der Waals surface area contributed by atoms with Crippen LogP contribution in [0.3, 0.4) is 0 Å². The summed E-state index contributed by atoms with van der Waals surface area (Å²) in [6, 6.07) is 1.97. The third-order valence-corrected chi connectivity index (χ3v) is 2.25. The van der Waals surface area contributed by atoms with Crippen molar-refractivity contribution >= 4 is 5.69 Å². The van der Waals surface area contributed by atoms with Crippen molar-refractivity contribution in [2.75, 3.05) is 11.6 Å². The van der Waals surface area contributed by atoms with Gasteiger partial charge in [0.05, 0.1) is 6.20 Å². The molecule has 3 heterocycles. The quantitative estimate of drug-likeness (QED) is 0.605. The number of aromatic nitrogens is 1. The molecule has 1 fully saturated rings. The highest BCUT2D eigenvalue weighted by molar-refractivity contribution is 5.60.